The predicted molar refractivity (Wildman–Crippen MR) is 39.3 cm³/mol. The SMILES string of the molecule is CCc1nc(NN)cs1. The summed E-state index contributed by atoms with van der Waals surface area (Å²) in [7, 11) is 0. The molecule has 0 aliphatic rings. The van der Waals surface area contributed by atoms with E-state index in [4.69, 9.17) is 5.84 Å². The van der Waals surface area contributed by atoms with E-state index in [9.17, 15) is 0 Å². The van der Waals surface area contributed by atoms with Crippen molar-refractivity contribution in [2.75, 3.05) is 5.43 Å². The minimum Gasteiger partial charge on any atom is -0.308 e. The molecule has 4 heteroatoms. The van der Waals surface area contributed by atoms with E-state index in [1.54, 1.807) is 11.3 Å². The number of rotatable bonds is 2. The molecule has 1 aromatic heterocycles. The molecule has 0 saturated carbocycles. The largest absolute Gasteiger partial charge is 0.308 e. The van der Waals surface area contributed by atoms with Crippen molar-refractivity contribution in [1.82, 2.24) is 4.98 Å². The highest BCUT2D eigenvalue weighted by molar-refractivity contribution is 7.10. The fourth-order valence-electron chi connectivity index (χ4n) is 0.540. The minimum atomic E-state index is 0.761. The summed E-state index contributed by atoms with van der Waals surface area (Å²) in [5.41, 5.74) is 2.48. The van der Waals surface area contributed by atoms with Crippen molar-refractivity contribution in [3.05, 3.63) is 10.4 Å². The van der Waals surface area contributed by atoms with Crippen molar-refractivity contribution in [2.24, 2.45) is 5.84 Å². The highest BCUT2D eigenvalue weighted by Gasteiger charge is 1.94. The van der Waals surface area contributed by atoms with Crippen LogP contribution in [-0.4, -0.2) is 4.98 Å². The zero-order valence-electron chi connectivity index (χ0n) is 5.22. The molecule has 0 fully saturated rings. The van der Waals surface area contributed by atoms with Gasteiger partial charge in [0.2, 0.25) is 0 Å². The van der Waals surface area contributed by atoms with Crippen molar-refractivity contribution in [1.29, 1.82) is 0 Å². The summed E-state index contributed by atoms with van der Waals surface area (Å²) < 4.78 is 0. The first kappa shape index (κ1) is 6.51. The first-order chi connectivity index (χ1) is 4.36. The van der Waals surface area contributed by atoms with Crippen LogP contribution in [0.25, 0.3) is 0 Å². The van der Waals surface area contributed by atoms with Crippen molar-refractivity contribution < 1.29 is 0 Å². The average molecular weight is 143 g/mol. The van der Waals surface area contributed by atoms with E-state index < -0.39 is 0 Å². The van der Waals surface area contributed by atoms with Gasteiger partial charge in [-0.3, -0.25) is 0 Å². The zero-order valence-corrected chi connectivity index (χ0v) is 6.03. The van der Waals surface area contributed by atoms with Crippen LogP contribution in [0.4, 0.5) is 5.82 Å². The van der Waals surface area contributed by atoms with Crippen LogP contribution in [-0.2, 0) is 6.42 Å². The summed E-state index contributed by atoms with van der Waals surface area (Å²) in [5, 5.41) is 3.02. The van der Waals surface area contributed by atoms with Crippen LogP contribution in [0.15, 0.2) is 5.38 Å². The monoisotopic (exact) mass is 143 g/mol. The van der Waals surface area contributed by atoms with Gasteiger partial charge in [-0.2, -0.15) is 0 Å². The number of anilines is 1. The molecule has 0 atom stereocenters. The number of hydrazine groups is 1. The topological polar surface area (TPSA) is 50.9 Å². The van der Waals surface area contributed by atoms with E-state index in [-0.39, 0.29) is 0 Å². The van der Waals surface area contributed by atoms with Gasteiger partial charge >= 0.3 is 0 Å². The van der Waals surface area contributed by atoms with Crippen LogP contribution in [0.3, 0.4) is 0 Å². The van der Waals surface area contributed by atoms with E-state index >= 15 is 0 Å². The summed E-state index contributed by atoms with van der Waals surface area (Å²) in [6, 6.07) is 0. The Morgan fingerprint density at radius 2 is 2.67 bits per heavy atom. The van der Waals surface area contributed by atoms with Gasteiger partial charge < -0.3 is 5.43 Å². The minimum absolute atomic E-state index is 0.761. The molecule has 0 saturated heterocycles. The van der Waals surface area contributed by atoms with Crippen LogP contribution in [0.1, 0.15) is 11.9 Å². The van der Waals surface area contributed by atoms with E-state index in [2.05, 4.69) is 17.3 Å². The van der Waals surface area contributed by atoms with E-state index in [0.717, 1.165) is 17.2 Å². The van der Waals surface area contributed by atoms with Gasteiger partial charge in [-0.15, -0.1) is 11.3 Å². The Morgan fingerprint density at radius 3 is 3.00 bits per heavy atom. The maximum absolute atomic E-state index is 5.11. The number of aryl methyl sites for hydroxylation is 1. The van der Waals surface area contributed by atoms with Gasteiger partial charge in [0.05, 0.1) is 5.01 Å². The van der Waals surface area contributed by atoms with E-state index in [1.807, 2.05) is 5.38 Å². The number of nitrogens with one attached hydrogen (secondary N) is 1. The number of thiazole rings is 1. The van der Waals surface area contributed by atoms with Crippen LogP contribution < -0.4 is 11.3 Å². The number of hydrogen-bond acceptors (Lipinski definition) is 4. The molecule has 9 heavy (non-hydrogen) atoms. The third kappa shape index (κ3) is 1.40. The second kappa shape index (κ2) is 2.80. The summed E-state index contributed by atoms with van der Waals surface area (Å²) >= 11 is 1.62. The molecular formula is C5H9N3S. The molecule has 0 aliphatic heterocycles. The standard InChI is InChI=1S/C5H9N3S/c1-2-5-7-4(8-6)3-9-5/h3,8H,2,6H2,1H3. The number of nitrogens with two attached hydrogens (primary N) is 1. The fraction of sp³-hybridized carbons (Fsp3) is 0.400. The molecule has 0 aromatic carbocycles. The molecule has 0 amide bonds. The Bertz CT molecular complexity index is 166. The van der Waals surface area contributed by atoms with Crippen LogP contribution in [0, 0.1) is 0 Å². The first-order valence-corrected chi connectivity index (χ1v) is 3.65. The number of nitrogens with zero attached hydrogens (tertiary/aromatic N) is 1. The molecule has 50 valence electrons. The maximum atomic E-state index is 5.11. The fourth-order valence-corrected chi connectivity index (χ4v) is 1.23. The maximum Gasteiger partial charge on any atom is 0.151 e. The Balaban J connectivity index is 2.74. The Morgan fingerprint density at radius 1 is 1.89 bits per heavy atom. The van der Waals surface area contributed by atoms with Gasteiger partial charge in [0.25, 0.3) is 0 Å². The van der Waals surface area contributed by atoms with Crippen molar-refractivity contribution >= 4 is 17.2 Å². The van der Waals surface area contributed by atoms with Crippen LogP contribution in [0.2, 0.25) is 0 Å². The lowest BCUT2D eigenvalue weighted by Gasteiger charge is -1.87. The van der Waals surface area contributed by atoms with Gasteiger partial charge in [0.15, 0.2) is 5.82 Å². The lowest BCUT2D eigenvalue weighted by atomic mass is 10.5. The predicted octanol–water partition coefficient (Wildman–Crippen LogP) is 0.991. The zero-order chi connectivity index (χ0) is 6.69. The second-order valence-corrected chi connectivity index (χ2v) is 2.57. The van der Waals surface area contributed by atoms with Gasteiger partial charge in [0, 0.05) is 5.38 Å². The van der Waals surface area contributed by atoms with Crippen molar-refractivity contribution in [3.8, 4) is 0 Å². The number of hydrogen-bond donors (Lipinski definition) is 2. The Kier molecular flexibility index (Phi) is 2.02. The molecule has 3 N–H and O–H groups in total. The molecule has 0 aliphatic carbocycles. The van der Waals surface area contributed by atoms with Crippen molar-refractivity contribution in [3.63, 3.8) is 0 Å². The van der Waals surface area contributed by atoms with E-state index in [0.29, 0.717) is 0 Å². The summed E-state index contributed by atoms with van der Waals surface area (Å²) in [6.45, 7) is 2.07. The quantitative estimate of drug-likeness (QED) is 0.479. The van der Waals surface area contributed by atoms with Crippen LogP contribution in [0.5, 0.6) is 0 Å². The summed E-state index contributed by atoms with van der Waals surface area (Å²) in [6.07, 6.45) is 0.979. The molecule has 0 bridgehead atoms. The van der Waals surface area contributed by atoms with Crippen molar-refractivity contribution in [2.45, 2.75) is 13.3 Å². The van der Waals surface area contributed by atoms with Gasteiger partial charge in [-0.25, -0.2) is 10.8 Å². The average Bonchev–Trinajstić information content (AvgIpc) is 2.34. The third-order valence-corrected chi connectivity index (χ3v) is 2.00. The molecule has 1 rings (SSSR count). The lowest BCUT2D eigenvalue weighted by Crippen LogP contribution is -2.06. The molecule has 0 unspecified atom stereocenters. The summed E-state index contributed by atoms with van der Waals surface area (Å²) in [5.74, 6) is 5.87. The molecular weight excluding hydrogens is 134 g/mol. The highest BCUT2D eigenvalue weighted by Crippen LogP contribution is 2.12. The van der Waals surface area contributed by atoms with Crippen LogP contribution >= 0.6 is 11.3 Å². The smallest absolute Gasteiger partial charge is 0.151 e. The van der Waals surface area contributed by atoms with Gasteiger partial charge in [-0.05, 0) is 6.42 Å². The van der Waals surface area contributed by atoms with Gasteiger partial charge in [0.1, 0.15) is 0 Å². The lowest BCUT2D eigenvalue weighted by molar-refractivity contribution is 1.09. The second-order valence-electron chi connectivity index (χ2n) is 1.62. The number of aromatic nitrogens is 1. The molecule has 0 spiro atoms. The summed E-state index contributed by atoms with van der Waals surface area (Å²) in [4.78, 5) is 4.13. The Hall–Kier alpha value is -0.610. The molecule has 0 radical (unpaired) electrons. The third-order valence-electron chi connectivity index (χ3n) is 1.00. The molecule has 3 nitrogen and oxygen atoms in total. The number of nitrogen functional groups attached to an aromatic ring is 1. The van der Waals surface area contributed by atoms with Gasteiger partial charge in [-0.1, -0.05) is 6.92 Å². The molecule has 1 heterocycles. The normalized spacial score (nSPS) is 9.56. The first-order valence-electron chi connectivity index (χ1n) is 2.78. The Labute approximate surface area is 57.9 Å². The highest BCUT2D eigenvalue weighted by atomic mass is 32.1. The van der Waals surface area contributed by atoms with E-state index in [1.165, 1.54) is 0 Å². The molecule has 1 aromatic rings.